The number of carbonyl (C=O) groups is 2. The third kappa shape index (κ3) is 2.37. The van der Waals surface area contributed by atoms with Gasteiger partial charge in [-0.25, -0.2) is 4.90 Å². The van der Waals surface area contributed by atoms with Crippen LogP contribution in [0.2, 0.25) is 0 Å². The van der Waals surface area contributed by atoms with Gasteiger partial charge in [0.15, 0.2) is 6.10 Å². The molecule has 0 saturated carbocycles. The van der Waals surface area contributed by atoms with Crippen molar-refractivity contribution in [3.8, 4) is 0 Å². The van der Waals surface area contributed by atoms with E-state index < -0.39 is 35.1 Å². The lowest BCUT2D eigenvalue weighted by Gasteiger charge is -2.26. The van der Waals surface area contributed by atoms with Crippen molar-refractivity contribution < 1.29 is 24.1 Å². The van der Waals surface area contributed by atoms with E-state index in [1.807, 2.05) is 19.1 Å². The lowest BCUT2D eigenvalue weighted by atomic mass is 9.71. The zero-order valence-electron chi connectivity index (χ0n) is 16.4. The maximum absolute atomic E-state index is 13.3. The molecule has 2 bridgehead atoms. The molecular formula is C22H17N3O6. The van der Waals surface area contributed by atoms with Crippen molar-refractivity contribution in [2.24, 2.45) is 22.9 Å². The second-order valence-corrected chi connectivity index (χ2v) is 8.34. The molecule has 2 amide bonds. The van der Waals surface area contributed by atoms with Gasteiger partial charge in [0.2, 0.25) is 11.8 Å². The minimum absolute atomic E-state index is 0.0191. The summed E-state index contributed by atoms with van der Waals surface area (Å²) in [5, 5.41) is 15.1. The number of non-ortho nitro benzene ring substituents is 1. The Balaban J connectivity index is 1.32. The van der Waals surface area contributed by atoms with Crippen LogP contribution in [0.5, 0.6) is 0 Å². The summed E-state index contributed by atoms with van der Waals surface area (Å²) < 4.78 is 6.08. The van der Waals surface area contributed by atoms with Gasteiger partial charge in [-0.15, -0.1) is 0 Å². The molecule has 4 aliphatic rings. The Kier molecular flexibility index (Phi) is 3.64. The Hall–Kier alpha value is -3.59. The molecule has 3 saturated heterocycles. The number of hydrogen-bond donors (Lipinski definition) is 0. The Morgan fingerprint density at radius 1 is 0.903 bits per heavy atom. The average Bonchev–Trinajstić information content (AvgIpc) is 3.49. The molecule has 0 spiro atoms. The summed E-state index contributed by atoms with van der Waals surface area (Å²) in [4.78, 5) is 43.9. The van der Waals surface area contributed by atoms with Crippen molar-refractivity contribution in [2.75, 3.05) is 4.90 Å². The largest absolute Gasteiger partial charge is 0.389 e. The number of amides is 2. The lowest BCUT2D eigenvalue weighted by molar-refractivity contribution is -0.384. The van der Waals surface area contributed by atoms with E-state index in [0.717, 1.165) is 5.56 Å². The highest BCUT2D eigenvalue weighted by molar-refractivity contribution is 6.23. The van der Waals surface area contributed by atoms with Gasteiger partial charge >= 0.3 is 0 Å². The number of benzene rings is 2. The van der Waals surface area contributed by atoms with Crippen LogP contribution in [0, 0.1) is 34.8 Å². The number of oxime groups is 1. The van der Waals surface area contributed by atoms with Gasteiger partial charge < -0.3 is 9.57 Å². The summed E-state index contributed by atoms with van der Waals surface area (Å²) in [6, 6.07) is 13.3. The van der Waals surface area contributed by atoms with E-state index in [0.29, 0.717) is 17.0 Å². The molecule has 4 aliphatic heterocycles. The molecule has 4 heterocycles. The van der Waals surface area contributed by atoms with Gasteiger partial charge in [0.05, 0.1) is 40.2 Å². The Labute approximate surface area is 176 Å². The van der Waals surface area contributed by atoms with Crippen LogP contribution < -0.4 is 4.90 Å². The van der Waals surface area contributed by atoms with Crippen molar-refractivity contribution in [3.63, 3.8) is 0 Å². The normalized spacial score (nSPS) is 32.7. The molecule has 6 atom stereocenters. The van der Waals surface area contributed by atoms with Crippen LogP contribution in [0.3, 0.4) is 0 Å². The number of nitro groups is 1. The van der Waals surface area contributed by atoms with E-state index in [-0.39, 0.29) is 23.4 Å². The van der Waals surface area contributed by atoms with Crippen LogP contribution in [0.15, 0.2) is 53.7 Å². The molecule has 0 N–H and O–H groups in total. The van der Waals surface area contributed by atoms with Gasteiger partial charge in [-0.2, -0.15) is 0 Å². The van der Waals surface area contributed by atoms with Gasteiger partial charge in [-0.3, -0.25) is 19.7 Å². The SMILES string of the molecule is Cc1ccc(N2C(=O)C3C4OC(C5C(c6ccc([N+](=O)[O-])cc6)=NOC45)C3C2=O)cc1. The lowest BCUT2D eigenvalue weighted by Crippen LogP contribution is -2.45. The standard InChI is InChI=1S/C22H17N3O6/c1-10-2-6-12(7-3-10)24-21(26)14-15(22(24)27)19-20-16(18(14)30-19)17(23-31-20)11-4-8-13(9-5-11)25(28)29/h2-9,14-16,18-20H,1H3. The van der Waals surface area contributed by atoms with E-state index in [1.165, 1.54) is 17.0 Å². The number of ether oxygens (including phenoxy) is 1. The minimum atomic E-state index is -0.593. The highest BCUT2D eigenvalue weighted by Crippen LogP contribution is 2.55. The molecule has 31 heavy (non-hydrogen) atoms. The molecule has 2 aromatic rings. The summed E-state index contributed by atoms with van der Waals surface area (Å²) >= 11 is 0. The Morgan fingerprint density at radius 2 is 1.55 bits per heavy atom. The van der Waals surface area contributed by atoms with E-state index >= 15 is 0 Å². The predicted octanol–water partition coefficient (Wildman–Crippen LogP) is 2.21. The summed E-state index contributed by atoms with van der Waals surface area (Å²) in [6.45, 7) is 1.94. The number of nitro benzene ring substituents is 1. The van der Waals surface area contributed by atoms with Crippen LogP contribution in [0.1, 0.15) is 11.1 Å². The van der Waals surface area contributed by atoms with Crippen molar-refractivity contribution in [3.05, 3.63) is 69.8 Å². The van der Waals surface area contributed by atoms with E-state index in [4.69, 9.17) is 9.57 Å². The molecule has 0 aliphatic carbocycles. The van der Waals surface area contributed by atoms with Crippen LogP contribution in [0.25, 0.3) is 0 Å². The minimum Gasteiger partial charge on any atom is -0.389 e. The fraction of sp³-hybridized carbons (Fsp3) is 0.318. The van der Waals surface area contributed by atoms with Gasteiger partial charge in [0, 0.05) is 17.7 Å². The highest BCUT2D eigenvalue weighted by atomic mass is 16.7. The monoisotopic (exact) mass is 419 g/mol. The van der Waals surface area contributed by atoms with Gasteiger partial charge in [0.25, 0.3) is 5.69 Å². The van der Waals surface area contributed by atoms with Gasteiger partial charge in [0.1, 0.15) is 6.10 Å². The fourth-order valence-corrected chi connectivity index (χ4v) is 5.30. The second-order valence-electron chi connectivity index (χ2n) is 8.34. The fourth-order valence-electron chi connectivity index (χ4n) is 5.30. The maximum Gasteiger partial charge on any atom is 0.269 e. The van der Waals surface area contributed by atoms with Crippen molar-refractivity contribution in [1.82, 2.24) is 0 Å². The highest BCUT2D eigenvalue weighted by Gasteiger charge is 2.72. The van der Waals surface area contributed by atoms with Crippen molar-refractivity contribution >= 4 is 28.9 Å². The Morgan fingerprint density at radius 3 is 2.19 bits per heavy atom. The quantitative estimate of drug-likeness (QED) is 0.428. The van der Waals surface area contributed by atoms with E-state index in [1.54, 1.807) is 24.3 Å². The third-order valence-corrected chi connectivity index (χ3v) is 6.71. The Bertz CT molecular complexity index is 1160. The number of anilines is 1. The molecule has 0 radical (unpaired) electrons. The first-order valence-corrected chi connectivity index (χ1v) is 10.0. The molecule has 6 unspecified atom stereocenters. The number of aryl methyl sites for hydroxylation is 1. The number of fused-ring (bicyclic) bond motifs is 8. The van der Waals surface area contributed by atoms with Crippen molar-refractivity contribution in [2.45, 2.75) is 25.2 Å². The zero-order chi connectivity index (χ0) is 21.4. The molecule has 9 heteroatoms. The number of hydrogen-bond acceptors (Lipinski definition) is 7. The summed E-state index contributed by atoms with van der Waals surface area (Å²) in [7, 11) is 0. The summed E-state index contributed by atoms with van der Waals surface area (Å²) in [6.07, 6.45) is -1.53. The van der Waals surface area contributed by atoms with Crippen LogP contribution in [-0.4, -0.2) is 40.8 Å². The third-order valence-electron chi connectivity index (χ3n) is 6.71. The van der Waals surface area contributed by atoms with Gasteiger partial charge in [-0.05, 0) is 31.2 Å². The number of rotatable bonds is 3. The second kappa shape index (κ2) is 6.21. The predicted molar refractivity (Wildman–Crippen MR) is 107 cm³/mol. The average molecular weight is 419 g/mol. The van der Waals surface area contributed by atoms with Crippen molar-refractivity contribution in [1.29, 1.82) is 0 Å². The van der Waals surface area contributed by atoms with Crippen LogP contribution in [-0.2, 0) is 19.2 Å². The number of carbonyl (C=O) groups excluding carboxylic acids is 2. The molecule has 9 nitrogen and oxygen atoms in total. The smallest absolute Gasteiger partial charge is 0.269 e. The number of imide groups is 1. The van der Waals surface area contributed by atoms with Crippen LogP contribution >= 0.6 is 0 Å². The zero-order valence-corrected chi connectivity index (χ0v) is 16.4. The summed E-state index contributed by atoms with van der Waals surface area (Å²) in [5.41, 5.74) is 2.86. The molecule has 156 valence electrons. The molecule has 2 aromatic carbocycles. The molecular weight excluding hydrogens is 402 g/mol. The van der Waals surface area contributed by atoms with E-state index in [2.05, 4.69) is 5.16 Å². The van der Waals surface area contributed by atoms with Gasteiger partial charge in [-0.1, -0.05) is 22.9 Å². The first kappa shape index (κ1) is 18.2. The van der Waals surface area contributed by atoms with E-state index in [9.17, 15) is 19.7 Å². The molecule has 3 fully saturated rings. The first-order chi connectivity index (χ1) is 15.0. The summed E-state index contributed by atoms with van der Waals surface area (Å²) in [5.74, 6) is -2.02. The van der Waals surface area contributed by atoms with Crippen LogP contribution in [0.4, 0.5) is 11.4 Å². The first-order valence-electron chi connectivity index (χ1n) is 10.0. The number of nitrogens with zero attached hydrogens (tertiary/aromatic N) is 3. The molecule has 6 rings (SSSR count). The molecule has 0 aromatic heterocycles. The maximum atomic E-state index is 13.3. The topological polar surface area (TPSA) is 111 Å².